The molecule has 2 heterocycles. The zero-order chi connectivity index (χ0) is 16.8. The van der Waals surface area contributed by atoms with E-state index in [1.165, 1.54) is 10.9 Å². The molecule has 1 fully saturated rings. The van der Waals surface area contributed by atoms with Crippen LogP contribution in [0.3, 0.4) is 0 Å². The molecule has 0 aliphatic carbocycles. The molecule has 1 aromatic rings. The van der Waals surface area contributed by atoms with E-state index in [0.29, 0.717) is 38.2 Å². The van der Waals surface area contributed by atoms with E-state index >= 15 is 0 Å². The summed E-state index contributed by atoms with van der Waals surface area (Å²) in [5.41, 5.74) is 0.402. The van der Waals surface area contributed by atoms with Crippen molar-refractivity contribution < 1.29 is 19.1 Å². The molecule has 1 aliphatic heterocycles. The number of esters is 1. The monoisotopic (exact) mass is 322 g/mol. The molecule has 1 N–H and O–H groups in total. The van der Waals surface area contributed by atoms with Crippen LogP contribution in [0.4, 0.5) is 0 Å². The van der Waals surface area contributed by atoms with Gasteiger partial charge in [-0.15, -0.1) is 0 Å². The Morgan fingerprint density at radius 1 is 1.35 bits per heavy atom. The molecule has 0 aromatic carbocycles. The first-order chi connectivity index (χ1) is 11.0. The van der Waals surface area contributed by atoms with Crippen molar-refractivity contribution in [3.05, 3.63) is 18.0 Å². The number of aromatic nitrogens is 2. The quantitative estimate of drug-likeness (QED) is 0.767. The van der Waals surface area contributed by atoms with Crippen LogP contribution in [0.2, 0.25) is 0 Å². The van der Waals surface area contributed by atoms with Crippen LogP contribution in [-0.4, -0.2) is 58.7 Å². The van der Waals surface area contributed by atoms with E-state index in [0.717, 1.165) is 0 Å². The summed E-state index contributed by atoms with van der Waals surface area (Å²) in [6, 6.07) is 1.59. The van der Waals surface area contributed by atoms with Crippen LogP contribution in [0, 0.1) is 5.92 Å². The van der Waals surface area contributed by atoms with Gasteiger partial charge in [-0.2, -0.15) is 5.10 Å². The molecule has 8 heteroatoms. The average Bonchev–Trinajstić information content (AvgIpc) is 2.99. The molecule has 23 heavy (non-hydrogen) atoms. The molecule has 2 rings (SSSR count). The second-order valence-electron chi connectivity index (χ2n) is 5.43. The fraction of sp³-hybridized carbons (Fsp3) is 0.600. The van der Waals surface area contributed by atoms with Gasteiger partial charge >= 0.3 is 5.97 Å². The predicted molar refractivity (Wildman–Crippen MR) is 81.5 cm³/mol. The summed E-state index contributed by atoms with van der Waals surface area (Å²) in [4.78, 5) is 37.4. The number of aryl methyl sites for hydroxylation is 1. The first-order valence-corrected chi connectivity index (χ1v) is 7.73. The molecule has 0 radical (unpaired) electrons. The number of carbonyl (C=O) groups excluding carboxylic acids is 3. The zero-order valence-corrected chi connectivity index (χ0v) is 13.4. The number of piperidine rings is 1. The zero-order valence-electron chi connectivity index (χ0n) is 13.4. The Hall–Kier alpha value is -2.38. The Morgan fingerprint density at radius 3 is 2.61 bits per heavy atom. The summed E-state index contributed by atoms with van der Waals surface area (Å²) >= 11 is 0. The van der Waals surface area contributed by atoms with Crippen LogP contribution >= 0.6 is 0 Å². The number of hydrogen-bond donors (Lipinski definition) is 1. The molecule has 0 saturated carbocycles. The number of hydrogen-bond acceptors (Lipinski definition) is 5. The Morgan fingerprint density at radius 2 is 2.04 bits per heavy atom. The van der Waals surface area contributed by atoms with Crippen LogP contribution < -0.4 is 5.32 Å². The topological polar surface area (TPSA) is 93.5 Å². The second kappa shape index (κ2) is 7.75. The van der Waals surface area contributed by atoms with Gasteiger partial charge in [-0.1, -0.05) is 0 Å². The van der Waals surface area contributed by atoms with Gasteiger partial charge in [-0.25, -0.2) is 0 Å². The molecule has 2 amide bonds. The number of ether oxygens (including phenoxy) is 1. The molecule has 1 saturated heterocycles. The maximum absolute atomic E-state index is 12.1. The van der Waals surface area contributed by atoms with Gasteiger partial charge in [-0.3, -0.25) is 19.1 Å². The highest BCUT2D eigenvalue weighted by atomic mass is 16.5. The summed E-state index contributed by atoms with van der Waals surface area (Å²) in [6.07, 6.45) is 2.72. The van der Waals surface area contributed by atoms with Crippen molar-refractivity contribution in [2.75, 3.05) is 26.2 Å². The molecule has 1 aromatic heterocycles. The summed E-state index contributed by atoms with van der Waals surface area (Å²) in [7, 11) is 1.66. The molecular formula is C15H22N4O4. The molecular weight excluding hydrogens is 300 g/mol. The van der Waals surface area contributed by atoms with Crippen molar-refractivity contribution in [1.29, 1.82) is 0 Å². The fourth-order valence-electron chi connectivity index (χ4n) is 2.58. The summed E-state index contributed by atoms with van der Waals surface area (Å²) in [5.74, 6) is -0.810. The number of nitrogens with one attached hydrogen (secondary N) is 1. The number of nitrogens with zero attached hydrogens (tertiary/aromatic N) is 3. The fourth-order valence-corrected chi connectivity index (χ4v) is 2.58. The van der Waals surface area contributed by atoms with E-state index in [4.69, 9.17) is 4.74 Å². The first-order valence-electron chi connectivity index (χ1n) is 7.73. The van der Waals surface area contributed by atoms with Crippen LogP contribution in [-0.2, 0) is 21.4 Å². The normalized spacial score (nSPS) is 15.3. The Balaban J connectivity index is 1.76. The van der Waals surface area contributed by atoms with Crippen LogP contribution in [0.15, 0.2) is 12.3 Å². The smallest absolute Gasteiger partial charge is 0.309 e. The van der Waals surface area contributed by atoms with Crippen molar-refractivity contribution >= 4 is 17.8 Å². The predicted octanol–water partition coefficient (Wildman–Crippen LogP) is -0.0484. The molecule has 1 aliphatic rings. The lowest BCUT2D eigenvalue weighted by Gasteiger charge is -2.30. The van der Waals surface area contributed by atoms with E-state index in [1.807, 2.05) is 0 Å². The lowest BCUT2D eigenvalue weighted by Crippen LogP contribution is -2.45. The molecule has 126 valence electrons. The van der Waals surface area contributed by atoms with Crippen molar-refractivity contribution in [2.45, 2.75) is 19.8 Å². The third-order valence-corrected chi connectivity index (χ3v) is 3.92. The molecule has 0 atom stereocenters. The van der Waals surface area contributed by atoms with Gasteiger partial charge in [0.1, 0.15) is 5.69 Å². The minimum atomic E-state index is -0.334. The van der Waals surface area contributed by atoms with Gasteiger partial charge in [0.2, 0.25) is 5.91 Å². The molecule has 0 unspecified atom stereocenters. The summed E-state index contributed by atoms with van der Waals surface area (Å²) in [6.45, 7) is 3.10. The van der Waals surface area contributed by atoms with Crippen LogP contribution in [0.1, 0.15) is 30.3 Å². The largest absolute Gasteiger partial charge is 0.466 e. The third-order valence-electron chi connectivity index (χ3n) is 3.92. The molecule has 0 spiro atoms. The van der Waals surface area contributed by atoms with Gasteiger partial charge in [0.15, 0.2) is 0 Å². The van der Waals surface area contributed by atoms with E-state index < -0.39 is 0 Å². The number of rotatable bonds is 5. The third kappa shape index (κ3) is 4.30. The number of amides is 2. The van der Waals surface area contributed by atoms with Gasteiger partial charge in [0.05, 0.1) is 19.1 Å². The van der Waals surface area contributed by atoms with Gasteiger partial charge < -0.3 is 15.0 Å². The highest BCUT2D eigenvalue weighted by Gasteiger charge is 2.28. The maximum atomic E-state index is 12.1. The minimum absolute atomic E-state index is 0.0614. The highest BCUT2D eigenvalue weighted by Crippen LogP contribution is 2.18. The lowest BCUT2D eigenvalue weighted by molar-refractivity contribution is -0.151. The highest BCUT2D eigenvalue weighted by molar-refractivity contribution is 5.95. The maximum Gasteiger partial charge on any atom is 0.309 e. The van der Waals surface area contributed by atoms with Crippen LogP contribution in [0.5, 0.6) is 0 Å². The second-order valence-corrected chi connectivity index (χ2v) is 5.43. The first kappa shape index (κ1) is 17.0. The Labute approximate surface area is 134 Å². The Kier molecular flexibility index (Phi) is 5.72. The van der Waals surface area contributed by atoms with Crippen molar-refractivity contribution in [3.63, 3.8) is 0 Å². The van der Waals surface area contributed by atoms with E-state index in [-0.39, 0.29) is 30.2 Å². The van der Waals surface area contributed by atoms with E-state index in [1.54, 1.807) is 24.9 Å². The lowest BCUT2D eigenvalue weighted by atomic mass is 9.97. The molecule has 8 nitrogen and oxygen atoms in total. The van der Waals surface area contributed by atoms with E-state index in [9.17, 15) is 14.4 Å². The summed E-state index contributed by atoms with van der Waals surface area (Å²) < 4.78 is 6.45. The summed E-state index contributed by atoms with van der Waals surface area (Å²) in [5, 5.41) is 6.51. The van der Waals surface area contributed by atoms with Crippen molar-refractivity contribution in [3.8, 4) is 0 Å². The van der Waals surface area contributed by atoms with Crippen LogP contribution in [0.25, 0.3) is 0 Å². The van der Waals surface area contributed by atoms with E-state index in [2.05, 4.69) is 10.4 Å². The van der Waals surface area contributed by atoms with Gasteiger partial charge in [0, 0.05) is 26.3 Å². The molecule has 0 bridgehead atoms. The Bertz CT molecular complexity index is 576. The van der Waals surface area contributed by atoms with Gasteiger partial charge in [-0.05, 0) is 25.8 Å². The van der Waals surface area contributed by atoms with Gasteiger partial charge in [0.25, 0.3) is 5.91 Å². The minimum Gasteiger partial charge on any atom is -0.466 e. The standard InChI is InChI=1S/C15H22N4O4/c1-3-23-15(22)11-5-8-19(9-6-11)13(20)10-16-14(21)12-4-7-17-18(12)2/h4,7,11H,3,5-6,8-10H2,1-2H3,(H,16,21). The van der Waals surface area contributed by atoms with Crippen molar-refractivity contribution in [1.82, 2.24) is 20.0 Å². The average molecular weight is 322 g/mol. The number of likely N-dealkylation sites (tertiary alicyclic amines) is 1. The SMILES string of the molecule is CCOC(=O)C1CCN(C(=O)CNC(=O)c2ccnn2C)CC1. The number of carbonyl (C=O) groups is 3. The van der Waals surface area contributed by atoms with Crippen molar-refractivity contribution in [2.24, 2.45) is 13.0 Å².